The van der Waals surface area contributed by atoms with E-state index < -0.39 is 0 Å². The lowest BCUT2D eigenvalue weighted by Gasteiger charge is -2.31. The molecule has 2 aliphatic rings. The van der Waals surface area contributed by atoms with Crippen LogP contribution in [-0.2, 0) is 5.41 Å². The van der Waals surface area contributed by atoms with E-state index in [-0.39, 0.29) is 5.41 Å². The number of benzene rings is 2. The van der Waals surface area contributed by atoms with Crippen molar-refractivity contribution in [2.45, 2.75) is 58.3 Å². The third-order valence-corrected chi connectivity index (χ3v) is 7.74. The summed E-state index contributed by atoms with van der Waals surface area (Å²) in [5, 5.41) is 17.3. The molecule has 2 fully saturated rings. The SMILES string of the molecule is Cc1ccc(-c2c(C)noc2C)cc1N(CCC1CCNCC1)c1ccc(C2(C#N)CC2)cc1. The third-order valence-electron chi connectivity index (χ3n) is 7.74. The van der Waals surface area contributed by atoms with Gasteiger partial charge in [-0.2, -0.15) is 5.26 Å². The van der Waals surface area contributed by atoms with Gasteiger partial charge in [-0.15, -0.1) is 0 Å². The van der Waals surface area contributed by atoms with Gasteiger partial charge in [-0.1, -0.05) is 29.4 Å². The molecular formula is C29H34N4O. The van der Waals surface area contributed by atoms with Gasteiger partial charge in [0, 0.05) is 23.5 Å². The summed E-state index contributed by atoms with van der Waals surface area (Å²) in [6, 6.07) is 17.9. The number of hydrogen-bond acceptors (Lipinski definition) is 5. The molecule has 2 aromatic carbocycles. The molecule has 1 saturated carbocycles. The number of aromatic nitrogens is 1. The first-order valence-electron chi connectivity index (χ1n) is 12.5. The molecule has 0 spiro atoms. The Hall–Kier alpha value is -3.10. The highest BCUT2D eigenvalue weighted by Crippen LogP contribution is 2.48. The Morgan fingerprint density at radius 1 is 1.09 bits per heavy atom. The van der Waals surface area contributed by atoms with Crippen molar-refractivity contribution in [3.63, 3.8) is 0 Å². The second-order valence-electron chi connectivity index (χ2n) is 10.1. The summed E-state index contributed by atoms with van der Waals surface area (Å²) in [5.41, 5.74) is 7.70. The van der Waals surface area contributed by atoms with Crippen molar-refractivity contribution in [1.29, 1.82) is 5.26 Å². The van der Waals surface area contributed by atoms with Crippen LogP contribution in [0.1, 0.15) is 54.7 Å². The maximum atomic E-state index is 9.62. The zero-order chi connectivity index (χ0) is 23.7. The van der Waals surface area contributed by atoms with Gasteiger partial charge in [-0.3, -0.25) is 0 Å². The van der Waals surface area contributed by atoms with Crippen molar-refractivity contribution in [1.82, 2.24) is 10.5 Å². The maximum Gasteiger partial charge on any atom is 0.141 e. The largest absolute Gasteiger partial charge is 0.361 e. The van der Waals surface area contributed by atoms with Gasteiger partial charge in [-0.25, -0.2) is 0 Å². The van der Waals surface area contributed by atoms with Gasteiger partial charge in [0.25, 0.3) is 0 Å². The molecule has 3 aromatic rings. The van der Waals surface area contributed by atoms with Gasteiger partial charge < -0.3 is 14.7 Å². The van der Waals surface area contributed by atoms with Crippen LogP contribution in [0.25, 0.3) is 11.1 Å². The van der Waals surface area contributed by atoms with E-state index in [9.17, 15) is 5.26 Å². The van der Waals surface area contributed by atoms with E-state index >= 15 is 0 Å². The van der Waals surface area contributed by atoms with E-state index in [2.05, 4.69) is 70.8 Å². The zero-order valence-corrected chi connectivity index (χ0v) is 20.5. The number of anilines is 2. The smallest absolute Gasteiger partial charge is 0.141 e. The van der Waals surface area contributed by atoms with Gasteiger partial charge >= 0.3 is 0 Å². The zero-order valence-electron chi connectivity index (χ0n) is 20.5. The van der Waals surface area contributed by atoms with E-state index in [1.54, 1.807) is 0 Å². The molecule has 34 heavy (non-hydrogen) atoms. The van der Waals surface area contributed by atoms with Crippen molar-refractivity contribution < 1.29 is 4.52 Å². The average molecular weight is 455 g/mol. The molecule has 5 rings (SSSR count). The lowest BCUT2D eigenvalue weighted by molar-refractivity contribution is 0.357. The van der Waals surface area contributed by atoms with Crippen molar-refractivity contribution in [2.24, 2.45) is 5.92 Å². The van der Waals surface area contributed by atoms with Crippen LogP contribution in [0.2, 0.25) is 0 Å². The number of nitrogens with one attached hydrogen (secondary N) is 1. The van der Waals surface area contributed by atoms with E-state index in [1.807, 2.05) is 13.8 Å². The first-order valence-corrected chi connectivity index (χ1v) is 12.5. The molecule has 1 aromatic heterocycles. The predicted octanol–water partition coefficient (Wildman–Crippen LogP) is 6.35. The minimum absolute atomic E-state index is 0.252. The summed E-state index contributed by atoms with van der Waals surface area (Å²) in [6.07, 6.45) is 5.60. The highest BCUT2D eigenvalue weighted by molar-refractivity contribution is 5.76. The summed E-state index contributed by atoms with van der Waals surface area (Å²) in [7, 11) is 0. The van der Waals surface area contributed by atoms with Crippen LogP contribution >= 0.6 is 0 Å². The number of hydrogen-bond donors (Lipinski definition) is 1. The fraction of sp³-hybridized carbons (Fsp3) is 0.448. The van der Waals surface area contributed by atoms with Crippen LogP contribution in [0.5, 0.6) is 0 Å². The summed E-state index contributed by atoms with van der Waals surface area (Å²) in [6.45, 7) is 9.38. The molecule has 1 saturated heterocycles. The molecule has 176 valence electrons. The molecule has 0 bridgehead atoms. The second-order valence-corrected chi connectivity index (χ2v) is 10.1. The van der Waals surface area contributed by atoms with Gasteiger partial charge in [0.15, 0.2) is 0 Å². The first-order chi connectivity index (χ1) is 16.5. The summed E-state index contributed by atoms with van der Waals surface area (Å²) < 4.78 is 5.46. The van der Waals surface area contributed by atoms with Crippen molar-refractivity contribution >= 4 is 11.4 Å². The third kappa shape index (κ3) is 4.35. The standard InChI is InChI=1S/C29H34N4O/c1-20-4-5-24(28-21(2)32-34-22(28)3)18-27(20)33(17-12-23-10-15-31-16-11-23)26-8-6-25(7-9-26)29(19-30)13-14-29/h4-9,18,23,31H,10-17H2,1-3H3. The quantitative estimate of drug-likeness (QED) is 0.451. The minimum Gasteiger partial charge on any atom is -0.361 e. The van der Waals surface area contributed by atoms with E-state index in [1.165, 1.54) is 36.2 Å². The Balaban J connectivity index is 1.50. The first kappa shape index (κ1) is 22.7. The van der Waals surface area contributed by atoms with Crippen LogP contribution in [0, 0.1) is 38.0 Å². The van der Waals surface area contributed by atoms with Crippen LogP contribution in [0.4, 0.5) is 11.4 Å². The normalized spacial score (nSPS) is 17.4. The average Bonchev–Trinajstić information content (AvgIpc) is 3.60. The number of piperidine rings is 1. The Morgan fingerprint density at radius 2 is 1.82 bits per heavy atom. The molecular weight excluding hydrogens is 420 g/mol. The molecule has 1 N–H and O–H groups in total. The molecule has 1 aliphatic carbocycles. The Kier molecular flexibility index (Phi) is 6.18. The second kappa shape index (κ2) is 9.27. The molecule has 0 atom stereocenters. The number of nitriles is 1. The number of rotatable bonds is 7. The monoisotopic (exact) mass is 454 g/mol. The highest BCUT2D eigenvalue weighted by atomic mass is 16.5. The molecule has 0 radical (unpaired) electrons. The number of aryl methyl sites for hydroxylation is 3. The molecule has 2 heterocycles. The topological polar surface area (TPSA) is 65.1 Å². The predicted molar refractivity (Wildman–Crippen MR) is 136 cm³/mol. The van der Waals surface area contributed by atoms with Gasteiger partial charge in [0.2, 0.25) is 0 Å². The summed E-state index contributed by atoms with van der Waals surface area (Å²) >= 11 is 0. The summed E-state index contributed by atoms with van der Waals surface area (Å²) in [4.78, 5) is 2.47. The fourth-order valence-corrected chi connectivity index (χ4v) is 5.37. The molecule has 5 nitrogen and oxygen atoms in total. The van der Waals surface area contributed by atoms with Crippen LogP contribution < -0.4 is 10.2 Å². The highest BCUT2D eigenvalue weighted by Gasteiger charge is 2.44. The molecule has 0 amide bonds. The minimum atomic E-state index is -0.252. The van der Waals surface area contributed by atoms with E-state index in [4.69, 9.17) is 4.52 Å². The molecule has 0 unspecified atom stereocenters. The van der Waals surface area contributed by atoms with Gasteiger partial charge in [-0.05, 0) is 107 Å². The van der Waals surface area contributed by atoms with Gasteiger partial charge in [0.05, 0.1) is 17.2 Å². The van der Waals surface area contributed by atoms with Crippen LogP contribution in [0.3, 0.4) is 0 Å². The Morgan fingerprint density at radius 3 is 2.44 bits per heavy atom. The molecule has 1 aliphatic heterocycles. The van der Waals surface area contributed by atoms with Crippen molar-refractivity contribution in [3.8, 4) is 17.2 Å². The lowest BCUT2D eigenvalue weighted by atomic mass is 9.93. The molecule has 5 heteroatoms. The lowest BCUT2D eigenvalue weighted by Crippen LogP contribution is -2.30. The van der Waals surface area contributed by atoms with Crippen LogP contribution in [-0.4, -0.2) is 24.8 Å². The van der Waals surface area contributed by atoms with Crippen molar-refractivity contribution in [3.05, 3.63) is 65.0 Å². The maximum absolute atomic E-state index is 9.62. The van der Waals surface area contributed by atoms with Crippen molar-refractivity contribution in [2.75, 3.05) is 24.5 Å². The van der Waals surface area contributed by atoms with Gasteiger partial charge in [0.1, 0.15) is 5.76 Å². The Labute approximate surface area is 202 Å². The Bertz CT molecular complexity index is 1170. The van der Waals surface area contributed by atoms with E-state index in [0.717, 1.165) is 66.5 Å². The summed E-state index contributed by atoms with van der Waals surface area (Å²) in [5.74, 6) is 1.60. The van der Waals surface area contributed by atoms with E-state index in [0.29, 0.717) is 0 Å². The fourth-order valence-electron chi connectivity index (χ4n) is 5.37. The van der Waals surface area contributed by atoms with Crippen LogP contribution in [0.15, 0.2) is 47.0 Å². The number of nitrogens with zero attached hydrogens (tertiary/aromatic N) is 3.